The van der Waals surface area contributed by atoms with E-state index in [2.05, 4.69) is 404 Å². The quantitative estimate of drug-likeness (QED) is 0.138. The van der Waals surface area contributed by atoms with Crippen LogP contribution in [0.15, 0.2) is 261 Å². The Bertz CT molecular complexity index is 7650. The highest BCUT2D eigenvalue weighted by atomic mass is 16.3. The number of rotatable bonds is 8. The van der Waals surface area contributed by atoms with Crippen molar-refractivity contribution in [1.29, 1.82) is 0 Å². The minimum absolute atomic E-state index is 0.0811. The first-order valence-corrected chi connectivity index (χ1v) is 47.0. The SMILES string of the molecule is Cc1ccc2c(oc3cc4c(cc32)-c2cccnc2C4(C)C)c1-c1cc(C(C)C)cc[n+]1C.Cc1ccc2c(oc3cc4c(cc32)C(C)(C)c2ncccc2-4)c1-c1cc(C(C)C)cc[n+]1C.Cc1ccc2c(oc3nc4c(cc32)-c2ccccc2C4(C)C)c1-c1cc(C(C)C)cc[n+]1C.Cc1ccc2c(oc3nc4c(cc32)C(C)(C)c2ccccc2-4)c1-c1cc(C(C)C)cc[n+]1C. The van der Waals surface area contributed by atoms with Crippen molar-refractivity contribution in [3.05, 3.63) is 333 Å². The minimum atomic E-state index is -0.143. The molecule has 8 aromatic carbocycles. The molecule has 4 aliphatic rings. The molecule has 4 aliphatic carbocycles. The van der Waals surface area contributed by atoms with E-state index >= 15 is 0 Å². The van der Waals surface area contributed by atoms with Gasteiger partial charge in [0.15, 0.2) is 36.0 Å². The molecule has 0 saturated carbocycles. The first kappa shape index (κ1) is 85.0. The molecule has 0 radical (unpaired) electrons. The Labute approximate surface area is 773 Å². The van der Waals surface area contributed by atoms with Crippen molar-refractivity contribution in [2.45, 2.75) is 184 Å². The third kappa shape index (κ3) is 13.2. The van der Waals surface area contributed by atoms with Crippen LogP contribution in [0, 0.1) is 27.7 Å². The molecule has 0 atom stereocenters. The zero-order chi connectivity index (χ0) is 92.3. The highest BCUT2D eigenvalue weighted by molar-refractivity contribution is 6.15. The second-order valence-corrected chi connectivity index (χ2v) is 41.0. The van der Waals surface area contributed by atoms with Crippen LogP contribution in [0.1, 0.15) is 224 Å². The Hall–Kier alpha value is -13.8. The Kier molecular flexibility index (Phi) is 19.9. The summed E-state index contributed by atoms with van der Waals surface area (Å²) in [6.07, 6.45) is 12.4. The van der Waals surface area contributed by atoms with Crippen molar-refractivity contribution in [3.8, 4) is 89.7 Å². The van der Waals surface area contributed by atoms with Crippen LogP contribution in [0.2, 0.25) is 0 Å². The third-order valence-corrected chi connectivity index (χ3v) is 29.8. The predicted molar refractivity (Wildman–Crippen MR) is 538 cm³/mol. The zero-order valence-electron chi connectivity index (χ0n) is 80.6. The van der Waals surface area contributed by atoms with Crippen molar-refractivity contribution in [2.75, 3.05) is 0 Å². The zero-order valence-corrected chi connectivity index (χ0v) is 80.6. The summed E-state index contributed by atoms with van der Waals surface area (Å²) in [6, 6.07) is 75.1. The van der Waals surface area contributed by atoms with Gasteiger partial charge in [0.1, 0.15) is 50.5 Å². The number of hydrogen-bond donors (Lipinski definition) is 0. The van der Waals surface area contributed by atoms with Gasteiger partial charge < -0.3 is 17.7 Å². The molecule has 20 aromatic rings. The number of fused-ring (bicyclic) bond motifs is 24. The van der Waals surface area contributed by atoms with Crippen LogP contribution in [-0.4, -0.2) is 19.9 Å². The van der Waals surface area contributed by atoms with Gasteiger partial charge in [0.2, 0.25) is 34.2 Å². The molecule has 12 heterocycles. The van der Waals surface area contributed by atoms with E-state index in [1.54, 1.807) is 0 Å². The van der Waals surface area contributed by atoms with Crippen LogP contribution in [0.3, 0.4) is 0 Å². The monoisotopic (exact) mass is 1730 g/mol. The van der Waals surface area contributed by atoms with Crippen LogP contribution >= 0.6 is 0 Å². The summed E-state index contributed by atoms with van der Waals surface area (Å²) in [5.41, 5.74) is 45.8. The summed E-state index contributed by atoms with van der Waals surface area (Å²) in [4.78, 5) is 19.7. The maximum Gasteiger partial charge on any atom is 0.227 e. The highest BCUT2D eigenvalue weighted by Gasteiger charge is 2.43. The van der Waals surface area contributed by atoms with Gasteiger partial charge >= 0.3 is 0 Å². The highest BCUT2D eigenvalue weighted by Crippen LogP contribution is 2.56. The molecule has 0 amide bonds. The molecule has 0 spiro atoms. The molecule has 0 aliphatic heterocycles. The van der Waals surface area contributed by atoms with E-state index in [0.717, 1.165) is 94.7 Å². The van der Waals surface area contributed by atoms with Gasteiger partial charge in [-0.1, -0.05) is 220 Å². The molecule has 0 N–H and O–H groups in total. The van der Waals surface area contributed by atoms with Crippen LogP contribution in [0.25, 0.3) is 178 Å². The summed E-state index contributed by atoms with van der Waals surface area (Å²) in [7, 11) is 8.43. The number of nitrogens with zero attached hydrogens (tertiary/aromatic N) is 8. The largest absolute Gasteiger partial charge is 0.455 e. The van der Waals surface area contributed by atoms with E-state index in [1.807, 2.05) is 24.5 Å². The van der Waals surface area contributed by atoms with E-state index in [-0.39, 0.29) is 21.7 Å². The molecule has 0 saturated heterocycles. The Morgan fingerprint density at radius 3 is 1.04 bits per heavy atom. The smallest absolute Gasteiger partial charge is 0.227 e. The van der Waals surface area contributed by atoms with E-state index < -0.39 is 0 Å². The van der Waals surface area contributed by atoms with Gasteiger partial charge in [-0.15, -0.1) is 0 Å². The van der Waals surface area contributed by atoms with Crippen molar-refractivity contribution in [2.24, 2.45) is 28.2 Å². The van der Waals surface area contributed by atoms with Gasteiger partial charge in [0, 0.05) is 148 Å². The molecule has 12 nitrogen and oxygen atoms in total. The van der Waals surface area contributed by atoms with Crippen molar-refractivity contribution in [1.82, 2.24) is 19.9 Å². The van der Waals surface area contributed by atoms with Crippen molar-refractivity contribution < 1.29 is 35.9 Å². The molecule has 24 rings (SSSR count). The lowest BCUT2D eigenvalue weighted by molar-refractivity contribution is -0.660. The number of benzene rings is 8. The Balaban J connectivity index is 0.000000106. The fourth-order valence-corrected chi connectivity index (χ4v) is 21.9. The minimum Gasteiger partial charge on any atom is -0.455 e. The number of furan rings is 4. The van der Waals surface area contributed by atoms with Gasteiger partial charge in [-0.25, -0.2) is 28.2 Å². The van der Waals surface area contributed by atoms with Crippen molar-refractivity contribution in [3.63, 3.8) is 0 Å². The fourth-order valence-electron chi connectivity index (χ4n) is 21.9. The van der Waals surface area contributed by atoms with Gasteiger partial charge in [-0.2, -0.15) is 0 Å². The third-order valence-electron chi connectivity index (χ3n) is 29.8. The first-order valence-electron chi connectivity index (χ1n) is 47.0. The second kappa shape index (κ2) is 30.9. The standard InChI is InChI=1S/4C30H29N2O/c1-17(2)19-11-13-32(6)25(14-19)27-18(3)9-10-20-23-15-24-22(16-26(23)33-28(20)27)21-8-7-12-31-29(21)30(24,4)5;1-17(2)19-11-13-32(6)25(14-19)27-18(3)9-10-20-23-15-22-21-8-7-12-31-29(21)30(4,5)24(22)16-26(23)33-28(20)27;1-17(2)19-13-14-32(6)25(15-19)26-18(3)11-12-20-22-16-24-27(31-29(22)33-28(20)26)21-9-7-8-10-23(21)30(24,4)5;1-17(2)19-13-14-32(6)25(15-19)26-18(3)11-12-21-23-16-22-20-9-7-8-10-24(20)30(4,5)28(22)31-29(23)33-27(21)26/h4*7-17H,1-6H3/q4*+1. The first-order chi connectivity index (χ1) is 63.1. The molecule has 656 valence electrons. The van der Waals surface area contributed by atoms with Crippen LogP contribution in [-0.2, 0) is 49.9 Å². The molecule has 0 fully saturated rings. The summed E-state index contributed by atoms with van der Waals surface area (Å²) in [6.45, 7) is 44.7. The van der Waals surface area contributed by atoms with E-state index in [9.17, 15) is 0 Å². The topological polar surface area (TPSA) is 120 Å². The van der Waals surface area contributed by atoms with Crippen molar-refractivity contribution >= 4 is 88.0 Å². The number of hydrogen-bond acceptors (Lipinski definition) is 8. The second-order valence-electron chi connectivity index (χ2n) is 41.0. The molecular formula is C120H116N8O4+4. The Morgan fingerprint density at radius 2 is 0.598 bits per heavy atom. The van der Waals surface area contributed by atoms with Gasteiger partial charge in [0.25, 0.3) is 0 Å². The maximum absolute atomic E-state index is 6.66. The average Bonchev–Trinajstić information content (AvgIpc) is 1.57. The van der Waals surface area contributed by atoms with E-state index in [1.165, 1.54) is 167 Å². The van der Waals surface area contributed by atoms with E-state index in [4.69, 9.17) is 37.6 Å². The maximum atomic E-state index is 6.66. The van der Waals surface area contributed by atoms with E-state index in [0.29, 0.717) is 29.4 Å². The van der Waals surface area contributed by atoms with Gasteiger partial charge in [0.05, 0.1) is 45.0 Å². The van der Waals surface area contributed by atoms with Gasteiger partial charge in [-0.05, 0) is 189 Å². The molecule has 132 heavy (non-hydrogen) atoms. The summed E-state index contributed by atoms with van der Waals surface area (Å²) < 4.78 is 35.2. The summed E-state index contributed by atoms with van der Waals surface area (Å²) in [5, 5.41) is 9.10. The lowest BCUT2D eigenvalue weighted by Crippen LogP contribution is -2.31. The molecule has 0 unspecified atom stereocenters. The molecular weight excluding hydrogens is 1620 g/mol. The average molecular weight is 1730 g/mol. The predicted octanol–water partition coefficient (Wildman–Crippen LogP) is 28.8. The Morgan fingerprint density at radius 1 is 0.265 bits per heavy atom. The lowest BCUT2D eigenvalue weighted by Gasteiger charge is -2.20. The molecule has 12 aromatic heterocycles. The van der Waals surface area contributed by atoms with Gasteiger partial charge in [-0.3, -0.25) is 9.97 Å². The number of pyridine rings is 8. The molecule has 0 bridgehead atoms. The number of aryl methyl sites for hydroxylation is 8. The van der Waals surface area contributed by atoms with Crippen LogP contribution < -0.4 is 18.3 Å². The van der Waals surface area contributed by atoms with Crippen LogP contribution in [0.5, 0.6) is 0 Å². The summed E-state index contributed by atoms with van der Waals surface area (Å²) in [5.74, 6) is 1.87. The number of aromatic nitrogens is 8. The summed E-state index contributed by atoms with van der Waals surface area (Å²) >= 11 is 0. The lowest BCUT2D eigenvalue weighted by atomic mass is 9.82. The normalized spacial score (nSPS) is 14.3. The molecule has 12 heteroatoms. The van der Waals surface area contributed by atoms with Crippen LogP contribution in [0.4, 0.5) is 0 Å². The fraction of sp³-hybridized carbons (Fsp3) is 0.267.